The second-order valence-electron chi connectivity index (χ2n) is 7.69. The zero-order valence-corrected chi connectivity index (χ0v) is 16.1. The number of hydrogen-bond donors (Lipinski definition) is 3. The average molecular weight is 364 g/mol. The van der Waals surface area contributed by atoms with Crippen molar-refractivity contribution in [2.75, 3.05) is 5.32 Å². The van der Waals surface area contributed by atoms with E-state index >= 15 is 0 Å². The summed E-state index contributed by atoms with van der Waals surface area (Å²) in [5.74, 6) is 1.06. The quantitative estimate of drug-likeness (QED) is 0.780. The van der Waals surface area contributed by atoms with Crippen LogP contribution in [0.5, 0.6) is 0 Å². The van der Waals surface area contributed by atoms with E-state index in [4.69, 9.17) is 5.73 Å². The highest BCUT2D eigenvalue weighted by Crippen LogP contribution is 2.39. The fourth-order valence-corrected chi connectivity index (χ4v) is 4.19. The Kier molecular flexibility index (Phi) is 4.74. The molecule has 2 heterocycles. The van der Waals surface area contributed by atoms with E-state index in [1.54, 1.807) is 0 Å². The molecule has 1 aromatic carbocycles. The predicted octanol–water partition coefficient (Wildman–Crippen LogP) is 3.38. The molecule has 1 atom stereocenters. The van der Waals surface area contributed by atoms with E-state index in [-0.39, 0.29) is 0 Å². The maximum Gasteiger partial charge on any atom is 0.202 e. The Balaban J connectivity index is 1.69. The van der Waals surface area contributed by atoms with Crippen molar-refractivity contribution in [2.24, 2.45) is 23.7 Å². The Morgan fingerprint density at radius 3 is 2.70 bits per heavy atom. The monoisotopic (exact) mass is 364 g/mol. The van der Waals surface area contributed by atoms with Crippen molar-refractivity contribution in [1.82, 2.24) is 15.1 Å². The van der Waals surface area contributed by atoms with Gasteiger partial charge in [0, 0.05) is 36.3 Å². The maximum atomic E-state index is 7.06. The number of guanidine groups is 1. The van der Waals surface area contributed by atoms with E-state index in [1.165, 1.54) is 24.8 Å². The number of aromatic nitrogens is 2. The van der Waals surface area contributed by atoms with Gasteiger partial charge in [0.25, 0.3) is 0 Å². The number of anilines is 1. The van der Waals surface area contributed by atoms with Crippen LogP contribution < -0.4 is 16.4 Å². The third-order valence-electron chi connectivity index (χ3n) is 5.76. The molecule has 6 nitrogen and oxygen atoms in total. The van der Waals surface area contributed by atoms with Crippen molar-refractivity contribution >= 4 is 17.2 Å². The number of rotatable bonds is 3. The summed E-state index contributed by atoms with van der Waals surface area (Å²) < 4.78 is 1.81. The first-order chi connectivity index (χ1) is 13.1. The van der Waals surface area contributed by atoms with Gasteiger partial charge in [-0.15, -0.1) is 0 Å². The smallest absolute Gasteiger partial charge is 0.202 e. The Morgan fingerprint density at radius 2 is 2.00 bits per heavy atom. The molecule has 4 N–H and O–H groups in total. The molecular weight excluding hydrogens is 336 g/mol. The van der Waals surface area contributed by atoms with Gasteiger partial charge in [-0.05, 0) is 37.3 Å². The molecule has 0 bridgehead atoms. The minimum Gasteiger partial charge on any atom is -0.334 e. The SMILES string of the molecule is Cc1ccccc1NC1=NC=C(c2cnn(C)c2)C(N)(C2CCCCC2)N1. The van der Waals surface area contributed by atoms with Crippen LogP contribution in [-0.2, 0) is 7.05 Å². The van der Waals surface area contributed by atoms with Crippen LogP contribution in [0.15, 0.2) is 47.9 Å². The third kappa shape index (κ3) is 3.49. The first-order valence-electron chi connectivity index (χ1n) is 9.73. The van der Waals surface area contributed by atoms with Gasteiger partial charge in [0.1, 0.15) is 5.66 Å². The molecule has 4 rings (SSSR count). The number of para-hydroxylation sites is 1. The van der Waals surface area contributed by atoms with Crippen molar-refractivity contribution in [3.63, 3.8) is 0 Å². The molecule has 0 saturated heterocycles. The van der Waals surface area contributed by atoms with Crippen molar-refractivity contribution < 1.29 is 0 Å². The fourth-order valence-electron chi connectivity index (χ4n) is 4.19. The molecule has 1 saturated carbocycles. The van der Waals surface area contributed by atoms with Gasteiger partial charge in [-0.2, -0.15) is 5.10 Å². The van der Waals surface area contributed by atoms with Crippen LogP contribution in [0.1, 0.15) is 43.2 Å². The molecule has 1 unspecified atom stereocenters. The van der Waals surface area contributed by atoms with Crippen LogP contribution >= 0.6 is 0 Å². The summed E-state index contributed by atoms with van der Waals surface area (Å²) in [5, 5.41) is 11.3. The molecular formula is C21H28N6. The second-order valence-corrected chi connectivity index (χ2v) is 7.69. The molecule has 2 aromatic rings. The van der Waals surface area contributed by atoms with Crippen molar-refractivity contribution in [3.05, 3.63) is 54.0 Å². The lowest BCUT2D eigenvalue weighted by Crippen LogP contribution is -2.64. The first-order valence-corrected chi connectivity index (χ1v) is 9.73. The minimum atomic E-state index is -0.657. The molecule has 27 heavy (non-hydrogen) atoms. The number of nitrogens with one attached hydrogen (secondary N) is 2. The molecule has 2 aliphatic rings. The molecule has 0 amide bonds. The van der Waals surface area contributed by atoms with Gasteiger partial charge in [-0.1, -0.05) is 37.5 Å². The number of benzene rings is 1. The lowest BCUT2D eigenvalue weighted by atomic mass is 9.75. The first kappa shape index (κ1) is 17.8. The predicted molar refractivity (Wildman–Crippen MR) is 110 cm³/mol. The molecule has 1 aromatic heterocycles. The lowest BCUT2D eigenvalue weighted by Gasteiger charge is -2.44. The molecule has 1 aliphatic heterocycles. The van der Waals surface area contributed by atoms with Crippen LogP contribution in [0.2, 0.25) is 0 Å². The van der Waals surface area contributed by atoms with E-state index in [1.807, 2.05) is 42.5 Å². The molecule has 0 spiro atoms. The normalized spacial score (nSPS) is 23.4. The van der Waals surface area contributed by atoms with Gasteiger partial charge in [0.2, 0.25) is 5.96 Å². The lowest BCUT2D eigenvalue weighted by molar-refractivity contribution is 0.240. The minimum absolute atomic E-state index is 0.363. The van der Waals surface area contributed by atoms with E-state index in [9.17, 15) is 0 Å². The highest BCUT2D eigenvalue weighted by molar-refractivity contribution is 5.98. The summed E-state index contributed by atoms with van der Waals surface area (Å²) in [5.41, 5.74) is 10.7. The summed E-state index contributed by atoms with van der Waals surface area (Å²) in [4.78, 5) is 4.64. The van der Waals surface area contributed by atoms with Gasteiger partial charge in [-0.3, -0.25) is 4.68 Å². The van der Waals surface area contributed by atoms with Crippen LogP contribution in [0.3, 0.4) is 0 Å². The maximum absolute atomic E-state index is 7.06. The largest absolute Gasteiger partial charge is 0.334 e. The van der Waals surface area contributed by atoms with Crippen molar-refractivity contribution in [2.45, 2.75) is 44.7 Å². The molecule has 1 aliphatic carbocycles. The van der Waals surface area contributed by atoms with Crippen LogP contribution in [-0.4, -0.2) is 21.4 Å². The van der Waals surface area contributed by atoms with E-state index in [2.05, 4.69) is 39.8 Å². The van der Waals surface area contributed by atoms with Gasteiger partial charge >= 0.3 is 0 Å². The Bertz CT molecular complexity index is 874. The fraction of sp³-hybridized carbons (Fsp3) is 0.429. The van der Waals surface area contributed by atoms with E-state index < -0.39 is 5.66 Å². The summed E-state index contributed by atoms with van der Waals surface area (Å²) in [6, 6.07) is 8.19. The second kappa shape index (κ2) is 7.19. The van der Waals surface area contributed by atoms with Gasteiger partial charge in [0.15, 0.2) is 0 Å². The van der Waals surface area contributed by atoms with Gasteiger partial charge in [-0.25, -0.2) is 4.99 Å². The average Bonchev–Trinajstić information content (AvgIpc) is 3.10. The number of aliphatic imine (C=N–C) groups is 1. The highest BCUT2D eigenvalue weighted by Gasteiger charge is 2.42. The molecule has 1 fully saturated rings. The number of hydrogen-bond acceptors (Lipinski definition) is 5. The Labute approximate surface area is 160 Å². The van der Waals surface area contributed by atoms with Gasteiger partial charge < -0.3 is 16.4 Å². The van der Waals surface area contributed by atoms with Crippen LogP contribution in [0.4, 0.5) is 5.69 Å². The van der Waals surface area contributed by atoms with Crippen molar-refractivity contribution in [3.8, 4) is 0 Å². The molecule has 142 valence electrons. The standard InChI is InChI=1S/C21H28N6/c1-15-8-6-7-11-19(15)25-20-23-13-18(16-12-24-27(2)14-16)21(22,26-20)17-9-4-3-5-10-17/h6-8,11-14,17H,3-5,9-10,22H2,1-2H3,(H2,23,25,26). The Hall–Kier alpha value is -2.60. The van der Waals surface area contributed by atoms with Crippen LogP contribution in [0, 0.1) is 12.8 Å². The topological polar surface area (TPSA) is 80.3 Å². The molecule has 0 radical (unpaired) electrons. The zero-order chi connectivity index (χ0) is 18.9. The summed E-state index contributed by atoms with van der Waals surface area (Å²) in [7, 11) is 1.92. The summed E-state index contributed by atoms with van der Waals surface area (Å²) in [6.07, 6.45) is 11.8. The number of aryl methyl sites for hydroxylation is 2. The van der Waals surface area contributed by atoms with Crippen molar-refractivity contribution in [1.29, 1.82) is 0 Å². The van der Waals surface area contributed by atoms with Crippen LogP contribution in [0.25, 0.3) is 5.57 Å². The Morgan fingerprint density at radius 1 is 1.22 bits per heavy atom. The summed E-state index contributed by atoms with van der Waals surface area (Å²) in [6.45, 7) is 2.08. The zero-order valence-electron chi connectivity index (χ0n) is 16.1. The number of nitrogens with two attached hydrogens (primary N) is 1. The summed E-state index contributed by atoms with van der Waals surface area (Å²) >= 11 is 0. The number of nitrogens with zero attached hydrogens (tertiary/aromatic N) is 3. The molecule has 6 heteroatoms. The van der Waals surface area contributed by atoms with Gasteiger partial charge in [0.05, 0.1) is 6.20 Å². The van der Waals surface area contributed by atoms with E-state index in [0.29, 0.717) is 11.9 Å². The highest BCUT2D eigenvalue weighted by atomic mass is 15.3. The van der Waals surface area contributed by atoms with E-state index in [0.717, 1.165) is 29.7 Å². The third-order valence-corrected chi connectivity index (χ3v) is 5.76.